The van der Waals surface area contributed by atoms with E-state index in [0.717, 1.165) is 43.9 Å². The summed E-state index contributed by atoms with van der Waals surface area (Å²) in [4.78, 5) is 38.6. The molecule has 10 heteroatoms. The topological polar surface area (TPSA) is 145 Å². The van der Waals surface area contributed by atoms with Crippen LogP contribution in [0.1, 0.15) is 77.9 Å². The Hall–Kier alpha value is -3.27. The van der Waals surface area contributed by atoms with Crippen LogP contribution in [0, 0.1) is 0 Å². The van der Waals surface area contributed by atoms with Crippen molar-refractivity contribution >= 4 is 27.8 Å². The van der Waals surface area contributed by atoms with Crippen molar-refractivity contribution in [3.8, 4) is 0 Å². The van der Waals surface area contributed by atoms with Gasteiger partial charge in [-0.2, -0.15) is 0 Å². The van der Waals surface area contributed by atoms with Gasteiger partial charge in [0.15, 0.2) is 0 Å². The molecule has 0 unspecified atom stereocenters. The molecular formula is C24H30N3O6S-. The van der Waals surface area contributed by atoms with Crippen LogP contribution in [0.3, 0.4) is 0 Å². The van der Waals surface area contributed by atoms with Crippen LogP contribution in [-0.4, -0.2) is 37.7 Å². The lowest BCUT2D eigenvalue weighted by atomic mass is 10.0. The highest BCUT2D eigenvalue weighted by atomic mass is 32.2. The number of rotatable bonds is 13. The van der Waals surface area contributed by atoms with Crippen molar-refractivity contribution in [2.45, 2.75) is 63.7 Å². The van der Waals surface area contributed by atoms with Crippen molar-refractivity contribution in [2.75, 3.05) is 6.54 Å². The number of carbonyl (C=O) groups is 3. The van der Waals surface area contributed by atoms with Crippen molar-refractivity contribution in [3.05, 3.63) is 58.9 Å². The third kappa shape index (κ3) is 8.26. The number of carboxylic acids is 1. The highest BCUT2D eigenvalue weighted by Gasteiger charge is 2.21. The maximum absolute atomic E-state index is 12.8. The van der Waals surface area contributed by atoms with Gasteiger partial charge in [-0.05, 0) is 48.6 Å². The van der Waals surface area contributed by atoms with Gasteiger partial charge in [-0.25, -0.2) is 13.1 Å². The van der Waals surface area contributed by atoms with Crippen LogP contribution in [0.25, 0.3) is 0 Å². The summed E-state index contributed by atoms with van der Waals surface area (Å²) in [5, 5.41) is 13.9. The first kappa shape index (κ1) is 27.0. The van der Waals surface area contributed by atoms with Gasteiger partial charge in [-0.3, -0.25) is 14.6 Å². The predicted molar refractivity (Wildman–Crippen MR) is 125 cm³/mol. The molecule has 2 aromatic rings. The second-order valence-electron chi connectivity index (χ2n) is 7.99. The molecule has 2 amide bonds. The fourth-order valence-electron chi connectivity index (χ4n) is 3.39. The van der Waals surface area contributed by atoms with Crippen LogP contribution in [0.5, 0.6) is 0 Å². The molecule has 0 saturated heterocycles. The molecule has 1 aromatic heterocycles. The number of amides is 2. The molecule has 0 fully saturated rings. The Morgan fingerprint density at radius 3 is 2.29 bits per heavy atom. The molecule has 0 spiro atoms. The number of sulfonamides is 1. The lowest BCUT2D eigenvalue weighted by Crippen LogP contribution is -2.32. The Morgan fingerprint density at radius 2 is 1.68 bits per heavy atom. The first-order valence-electron chi connectivity index (χ1n) is 11.2. The molecule has 0 saturated carbocycles. The summed E-state index contributed by atoms with van der Waals surface area (Å²) in [6.45, 7) is 3.93. The number of unbranched alkanes of at least 4 members (excludes halogenated alkanes) is 4. The van der Waals surface area contributed by atoms with Gasteiger partial charge in [0, 0.05) is 19.7 Å². The number of pyridine rings is 1. The van der Waals surface area contributed by atoms with E-state index in [1.807, 2.05) is 4.72 Å². The largest absolute Gasteiger partial charge is 0.543 e. The number of nitrogens with one attached hydrogen (secondary N) is 2. The number of hydrogen-bond donors (Lipinski definition) is 2. The summed E-state index contributed by atoms with van der Waals surface area (Å²) >= 11 is 0. The highest BCUT2D eigenvalue weighted by molar-refractivity contribution is 7.90. The first-order valence-corrected chi connectivity index (χ1v) is 12.7. The molecule has 0 bridgehead atoms. The van der Waals surface area contributed by atoms with Gasteiger partial charge < -0.3 is 15.2 Å². The Kier molecular flexibility index (Phi) is 10.2. The Balaban J connectivity index is 2.14. The third-order valence-corrected chi connectivity index (χ3v) is 6.59. The summed E-state index contributed by atoms with van der Waals surface area (Å²) in [5.41, 5.74) is 0.937. The van der Waals surface area contributed by atoms with E-state index in [1.165, 1.54) is 25.1 Å². The molecule has 0 atom stereocenters. The summed E-state index contributed by atoms with van der Waals surface area (Å²) in [6, 6.07) is 7.24. The van der Waals surface area contributed by atoms with Gasteiger partial charge >= 0.3 is 0 Å². The van der Waals surface area contributed by atoms with Crippen LogP contribution in [0.2, 0.25) is 0 Å². The van der Waals surface area contributed by atoms with Gasteiger partial charge in [0.1, 0.15) is 0 Å². The van der Waals surface area contributed by atoms with Crippen LogP contribution in [-0.2, 0) is 27.7 Å². The van der Waals surface area contributed by atoms with E-state index in [1.54, 1.807) is 12.1 Å². The van der Waals surface area contributed by atoms with E-state index in [0.29, 0.717) is 24.9 Å². The van der Waals surface area contributed by atoms with E-state index in [4.69, 9.17) is 0 Å². The Bertz CT molecular complexity index is 1110. The minimum Gasteiger partial charge on any atom is -0.543 e. The summed E-state index contributed by atoms with van der Waals surface area (Å²) < 4.78 is 27.5. The summed E-state index contributed by atoms with van der Waals surface area (Å²) in [7, 11) is -4.16. The molecule has 34 heavy (non-hydrogen) atoms. The summed E-state index contributed by atoms with van der Waals surface area (Å²) in [6.07, 6.45) is 6.83. The maximum Gasteiger partial charge on any atom is 0.266 e. The number of aryl methyl sites for hydroxylation is 1. The number of carbonyl (C=O) groups excluding carboxylic acids is 3. The maximum atomic E-state index is 12.8. The smallest absolute Gasteiger partial charge is 0.266 e. The van der Waals surface area contributed by atoms with Crippen LogP contribution < -0.4 is 15.1 Å². The average Bonchev–Trinajstić information content (AvgIpc) is 2.78. The average molecular weight is 489 g/mol. The zero-order valence-corrected chi connectivity index (χ0v) is 20.2. The molecular weight excluding hydrogens is 458 g/mol. The van der Waals surface area contributed by atoms with Gasteiger partial charge in [0.2, 0.25) is 5.91 Å². The molecule has 9 nitrogen and oxygen atoms in total. The standard InChI is InChI=1S/C24H31N3O6S/c1-3-4-5-6-7-8-19-15-22(24(30)31)26-16-21(19)23(29)27-34(32,33)20-11-9-18(10-12-20)13-14-25-17(2)28/h9-12,15-16H,3-8,13-14H2,1-2H3,(H,25,28)(H,27,29)(H,30,31)/p-1. The summed E-state index contributed by atoms with van der Waals surface area (Å²) in [5.74, 6) is -2.49. The van der Waals surface area contributed by atoms with Crippen molar-refractivity contribution in [2.24, 2.45) is 0 Å². The number of hydrogen-bond acceptors (Lipinski definition) is 7. The minimum absolute atomic E-state index is 0.0102. The lowest BCUT2D eigenvalue weighted by Gasteiger charge is -2.13. The lowest BCUT2D eigenvalue weighted by molar-refractivity contribution is -0.255. The van der Waals surface area contributed by atoms with Crippen molar-refractivity contribution in [1.29, 1.82) is 0 Å². The van der Waals surface area contributed by atoms with Gasteiger partial charge in [0.05, 0.1) is 22.1 Å². The number of carboxylic acid groups (broad SMARTS) is 1. The second kappa shape index (κ2) is 12.8. The highest BCUT2D eigenvalue weighted by Crippen LogP contribution is 2.17. The van der Waals surface area contributed by atoms with E-state index in [2.05, 4.69) is 17.2 Å². The second-order valence-corrected chi connectivity index (χ2v) is 9.67. The van der Waals surface area contributed by atoms with Gasteiger partial charge in [0.25, 0.3) is 15.9 Å². The van der Waals surface area contributed by atoms with Gasteiger partial charge in [-0.15, -0.1) is 0 Å². The molecule has 0 aliphatic carbocycles. The number of benzene rings is 1. The fourth-order valence-corrected chi connectivity index (χ4v) is 4.36. The van der Waals surface area contributed by atoms with E-state index in [9.17, 15) is 27.9 Å². The predicted octanol–water partition coefficient (Wildman–Crippen LogP) is 1.76. The molecule has 2 N–H and O–H groups in total. The number of nitrogens with zero attached hydrogens (tertiary/aromatic N) is 1. The molecule has 2 rings (SSSR count). The molecule has 184 valence electrons. The molecule has 0 aliphatic heterocycles. The van der Waals surface area contributed by atoms with Crippen molar-refractivity contribution < 1.29 is 27.9 Å². The monoisotopic (exact) mass is 488 g/mol. The van der Waals surface area contributed by atoms with E-state index >= 15 is 0 Å². The quantitative estimate of drug-likeness (QED) is 0.409. The van der Waals surface area contributed by atoms with Crippen LogP contribution in [0.15, 0.2) is 41.4 Å². The SMILES string of the molecule is CCCCCCCc1cc(C(=O)[O-])ncc1C(=O)NS(=O)(=O)c1ccc(CCNC(C)=O)cc1. The van der Waals surface area contributed by atoms with Crippen molar-refractivity contribution in [1.82, 2.24) is 15.0 Å². The normalized spacial score (nSPS) is 11.1. The minimum atomic E-state index is -4.16. The van der Waals surface area contributed by atoms with E-state index in [-0.39, 0.29) is 22.1 Å². The molecule has 0 radical (unpaired) electrons. The molecule has 1 aromatic carbocycles. The van der Waals surface area contributed by atoms with E-state index < -0.39 is 21.9 Å². The molecule has 1 heterocycles. The number of aromatic carboxylic acids is 1. The van der Waals surface area contributed by atoms with Crippen molar-refractivity contribution in [3.63, 3.8) is 0 Å². The van der Waals surface area contributed by atoms with Crippen LogP contribution >= 0.6 is 0 Å². The zero-order chi connectivity index (χ0) is 25.1. The molecule has 0 aliphatic rings. The third-order valence-electron chi connectivity index (χ3n) is 5.24. The first-order chi connectivity index (χ1) is 16.1. The Labute approximate surface area is 200 Å². The zero-order valence-electron chi connectivity index (χ0n) is 19.4. The fraction of sp³-hybridized carbons (Fsp3) is 0.417. The van der Waals surface area contributed by atoms with Crippen LogP contribution in [0.4, 0.5) is 0 Å². The Morgan fingerprint density at radius 1 is 1.00 bits per heavy atom. The number of aromatic nitrogens is 1. The van der Waals surface area contributed by atoms with Gasteiger partial charge in [-0.1, -0.05) is 44.7 Å².